The molecule has 110 valence electrons. The second-order valence-electron chi connectivity index (χ2n) is 4.32. The highest BCUT2D eigenvalue weighted by molar-refractivity contribution is 7.13. The lowest BCUT2D eigenvalue weighted by Crippen LogP contribution is -2.41. The van der Waals surface area contributed by atoms with Crippen molar-refractivity contribution < 1.29 is 19.8 Å². The molecule has 21 heavy (non-hydrogen) atoms. The summed E-state index contributed by atoms with van der Waals surface area (Å²) in [7, 11) is 0. The summed E-state index contributed by atoms with van der Waals surface area (Å²) in [6.45, 7) is -0.307. The first kappa shape index (κ1) is 15.1. The van der Waals surface area contributed by atoms with Crippen molar-refractivity contribution in [2.24, 2.45) is 0 Å². The first-order valence-electron chi connectivity index (χ1n) is 6.25. The number of benzene rings is 1. The van der Waals surface area contributed by atoms with Gasteiger partial charge >= 0.3 is 5.97 Å². The standard InChI is InChI=1S/C14H14N2O4S/c17-5-4-11(14(19)20)16-13(18)10-3-1-2-9(6-10)12-7-15-8-21-12/h1-3,6-8,11,17H,4-5H2,(H,16,18)(H,19,20)/t11-/m0/s1. The van der Waals surface area contributed by atoms with Crippen molar-refractivity contribution in [1.82, 2.24) is 10.3 Å². The van der Waals surface area contributed by atoms with Gasteiger partial charge in [-0.25, -0.2) is 4.79 Å². The number of aliphatic carboxylic acids is 1. The lowest BCUT2D eigenvalue weighted by atomic mass is 10.1. The zero-order valence-electron chi connectivity index (χ0n) is 11.0. The first-order chi connectivity index (χ1) is 10.1. The molecule has 2 rings (SSSR count). The van der Waals surface area contributed by atoms with E-state index in [1.807, 2.05) is 6.07 Å². The molecule has 0 saturated heterocycles. The van der Waals surface area contributed by atoms with E-state index in [2.05, 4.69) is 10.3 Å². The molecule has 1 atom stereocenters. The SMILES string of the molecule is O=C(N[C@@H](CCO)C(=O)O)c1cccc(-c2cncs2)c1. The van der Waals surface area contributed by atoms with Crippen LogP contribution in [0.3, 0.4) is 0 Å². The highest BCUT2D eigenvalue weighted by atomic mass is 32.1. The number of carbonyl (C=O) groups excluding carboxylic acids is 1. The maximum absolute atomic E-state index is 12.1. The molecule has 1 amide bonds. The summed E-state index contributed by atoms with van der Waals surface area (Å²) in [6.07, 6.45) is 1.67. The van der Waals surface area contributed by atoms with E-state index >= 15 is 0 Å². The van der Waals surface area contributed by atoms with Crippen LogP contribution in [-0.2, 0) is 4.79 Å². The number of hydrogen-bond donors (Lipinski definition) is 3. The van der Waals surface area contributed by atoms with Gasteiger partial charge in [0.05, 0.1) is 10.4 Å². The maximum Gasteiger partial charge on any atom is 0.326 e. The van der Waals surface area contributed by atoms with Crippen molar-refractivity contribution in [2.45, 2.75) is 12.5 Å². The van der Waals surface area contributed by atoms with Gasteiger partial charge in [0.1, 0.15) is 6.04 Å². The maximum atomic E-state index is 12.1. The number of carboxylic acid groups (broad SMARTS) is 1. The number of amides is 1. The molecule has 0 radical (unpaired) electrons. The zero-order chi connectivity index (χ0) is 15.2. The van der Waals surface area contributed by atoms with Crippen molar-refractivity contribution in [3.05, 3.63) is 41.5 Å². The first-order valence-corrected chi connectivity index (χ1v) is 7.13. The molecule has 1 heterocycles. The minimum absolute atomic E-state index is 0.0321. The minimum Gasteiger partial charge on any atom is -0.480 e. The van der Waals surface area contributed by atoms with Crippen LogP contribution in [0.1, 0.15) is 16.8 Å². The molecule has 0 unspecified atom stereocenters. The van der Waals surface area contributed by atoms with Gasteiger partial charge in [-0.15, -0.1) is 11.3 Å². The Labute approximate surface area is 125 Å². The molecule has 0 aliphatic rings. The Kier molecular flexibility index (Phi) is 5.02. The quantitative estimate of drug-likeness (QED) is 0.748. The monoisotopic (exact) mass is 306 g/mol. The average molecular weight is 306 g/mol. The van der Waals surface area contributed by atoms with Gasteiger partial charge < -0.3 is 15.5 Å². The Morgan fingerprint density at radius 3 is 2.81 bits per heavy atom. The number of aromatic nitrogens is 1. The zero-order valence-corrected chi connectivity index (χ0v) is 11.8. The molecule has 0 aliphatic carbocycles. The molecular formula is C14H14N2O4S. The number of thiazole rings is 1. The summed E-state index contributed by atoms with van der Waals surface area (Å²) in [5.41, 5.74) is 2.91. The fraction of sp³-hybridized carbons (Fsp3) is 0.214. The normalized spacial score (nSPS) is 11.9. The molecule has 6 nitrogen and oxygen atoms in total. The summed E-state index contributed by atoms with van der Waals surface area (Å²) in [4.78, 5) is 28.0. The molecule has 0 fully saturated rings. The topological polar surface area (TPSA) is 99.5 Å². The Morgan fingerprint density at radius 2 is 2.19 bits per heavy atom. The van der Waals surface area contributed by atoms with Gasteiger partial charge in [0, 0.05) is 24.8 Å². The van der Waals surface area contributed by atoms with Crippen molar-refractivity contribution in [1.29, 1.82) is 0 Å². The molecule has 7 heteroatoms. The van der Waals surface area contributed by atoms with Crippen LogP contribution in [0, 0.1) is 0 Å². The van der Waals surface area contributed by atoms with Crippen LogP contribution in [0.2, 0.25) is 0 Å². The second kappa shape index (κ2) is 6.96. The highest BCUT2D eigenvalue weighted by Crippen LogP contribution is 2.23. The number of aliphatic hydroxyl groups excluding tert-OH is 1. The van der Waals surface area contributed by atoms with Gasteiger partial charge in [-0.3, -0.25) is 9.78 Å². The number of carbonyl (C=O) groups is 2. The Hall–Kier alpha value is -2.25. The van der Waals surface area contributed by atoms with Crippen LogP contribution in [0.4, 0.5) is 0 Å². The van der Waals surface area contributed by atoms with E-state index in [9.17, 15) is 9.59 Å². The van der Waals surface area contributed by atoms with E-state index in [1.165, 1.54) is 11.3 Å². The smallest absolute Gasteiger partial charge is 0.326 e. The largest absolute Gasteiger partial charge is 0.480 e. The van der Waals surface area contributed by atoms with Gasteiger partial charge in [0.15, 0.2) is 0 Å². The third-order valence-corrected chi connectivity index (χ3v) is 3.68. The minimum atomic E-state index is -1.17. The fourth-order valence-corrected chi connectivity index (χ4v) is 2.42. The number of nitrogens with zero attached hydrogens (tertiary/aromatic N) is 1. The third-order valence-electron chi connectivity index (χ3n) is 2.86. The van der Waals surface area contributed by atoms with Crippen LogP contribution in [0.5, 0.6) is 0 Å². The molecule has 3 N–H and O–H groups in total. The molecule has 0 aliphatic heterocycles. The van der Waals surface area contributed by atoms with Gasteiger partial charge in [-0.05, 0) is 17.7 Å². The van der Waals surface area contributed by atoms with E-state index in [4.69, 9.17) is 10.2 Å². The van der Waals surface area contributed by atoms with Crippen LogP contribution in [0.15, 0.2) is 36.0 Å². The molecule has 0 saturated carbocycles. The van der Waals surface area contributed by atoms with Crippen molar-refractivity contribution >= 4 is 23.2 Å². The van der Waals surface area contributed by atoms with E-state index in [0.29, 0.717) is 5.56 Å². The van der Waals surface area contributed by atoms with Crippen LogP contribution < -0.4 is 5.32 Å². The molecule has 0 bridgehead atoms. The van der Waals surface area contributed by atoms with Crippen molar-refractivity contribution in [3.63, 3.8) is 0 Å². The number of hydrogen-bond acceptors (Lipinski definition) is 5. The van der Waals surface area contributed by atoms with Gasteiger partial charge in [-0.1, -0.05) is 12.1 Å². The van der Waals surface area contributed by atoms with Crippen LogP contribution in [0.25, 0.3) is 10.4 Å². The van der Waals surface area contributed by atoms with Crippen LogP contribution in [-0.4, -0.2) is 39.7 Å². The van der Waals surface area contributed by atoms with Gasteiger partial charge in [0.2, 0.25) is 0 Å². The van der Waals surface area contributed by atoms with Gasteiger partial charge in [0.25, 0.3) is 5.91 Å². The van der Waals surface area contributed by atoms with Gasteiger partial charge in [-0.2, -0.15) is 0 Å². The van der Waals surface area contributed by atoms with Crippen molar-refractivity contribution in [3.8, 4) is 10.4 Å². The van der Waals surface area contributed by atoms with Crippen molar-refractivity contribution in [2.75, 3.05) is 6.61 Å². The summed E-state index contributed by atoms with van der Waals surface area (Å²) in [6, 6.07) is 5.77. The number of carboxylic acids is 1. The molecule has 2 aromatic rings. The fourth-order valence-electron chi connectivity index (χ4n) is 1.80. The van der Waals surface area contributed by atoms with E-state index in [-0.39, 0.29) is 13.0 Å². The number of nitrogens with one attached hydrogen (secondary N) is 1. The summed E-state index contributed by atoms with van der Waals surface area (Å²) >= 11 is 1.45. The number of rotatable bonds is 6. The lowest BCUT2D eigenvalue weighted by molar-refractivity contribution is -0.139. The third kappa shape index (κ3) is 3.87. The molecular weight excluding hydrogens is 292 g/mol. The van der Waals surface area contributed by atoms with E-state index < -0.39 is 17.9 Å². The summed E-state index contributed by atoms with van der Waals surface area (Å²) < 4.78 is 0. The van der Waals surface area contributed by atoms with E-state index in [0.717, 1.165) is 10.4 Å². The van der Waals surface area contributed by atoms with Crippen LogP contribution >= 0.6 is 11.3 Å². The van der Waals surface area contributed by atoms with E-state index in [1.54, 1.807) is 29.9 Å². The molecule has 1 aromatic heterocycles. The lowest BCUT2D eigenvalue weighted by Gasteiger charge is -2.13. The number of aliphatic hydroxyl groups is 1. The molecule has 0 spiro atoms. The average Bonchev–Trinajstić information content (AvgIpc) is 3.01. The predicted molar refractivity (Wildman–Crippen MR) is 78.1 cm³/mol. The Bertz CT molecular complexity index is 628. The second-order valence-corrected chi connectivity index (χ2v) is 5.21. The predicted octanol–water partition coefficient (Wildman–Crippen LogP) is 1.38. The Balaban J connectivity index is 2.16. The summed E-state index contributed by atoms with van der Waals surface area (Å²) in [5, 5.41) is 20.2. The molecule has 1 aromatic carbocycles. The highest BCUT2D eigenvalue weighted by Gasteiger charge is 2.20. The Morgan fingerprint density at radius 1 is 1.38 bits per heavy atom. The summed E-state index contributed by atoms with van der Waals surface area (Å²) in [5.74, 6) is -1.65.